The van der Waals surface area contributed by atoms with E-state index in [9.17, 15) is 14.4 Å². The van der Waals surface area contributed by atoms with Crippen molar-refractivity contribution in [2.45, 2.75) is 13.3 Å². The molecule has 0 aliphatic rings. The Morgan fingerprint density at radius 1 is 1.14 bits per heavy atom. The van der Waals surface area contributed by atoms with E-state index in [0.29, 0.717) is 11.3 Å². The highest BCUT2D eigenvalue weighted by Gasteiger charge is 2.09. The lowest BCUT2D eigenvalue weighted by atomic mass is 10.1. The van der Waals surface area contributed by atoms with Crippen LogP contribution in [0.1, 0.15) is 22.8 Å². The van der Waals surface area contributed by atoms with Crippen LogP contribution in [0.2, 0.25) is 0 Å². The highest BCUT2D eigenvalue weighted by atomic mass is 32.1. The maximum atomic E-state index is 11.7. The molecular formula is C16H15NO4S. The molecule has 0 fully saturated rings. The van der Waals surface area contributed by atoms with Crippen molar-refractivity contribution >= 4 is 34.7 Å². The van der Waals surface area contributed by atoms with Gasteiger partial charge in [0.15, 0.2) is 12.4 Å². The van der Waals surface area contributed by atoms with Gasteiger partial charge in [-0.1, -0.05) is 0 Å². The first kappa shape index (κ1) is 15.9. The maximum absolute atomic E-state index is 11.7. The largest absolute Gasteiger partial charge is 0.455 e. The molecule has 1 N–H and O–H groups in total. The number of anilines is 1. The Kier molecular flexibility index (Phi) is 5.43. The summed E-state index contributed by atoms with van der Waals surface area (Å²) in [7, 11) is 0. The smallest absolute Gasteiger partial charge is 0.310 e. The molecule has 2 aromatic rings. The van der Waals surface area contributed by atoms with E-state index in [-0.39, 0.29) is 18.8 Å². The third-order valence-corrected chi connectivity index (χ3v) is 3.60. The van der Waals surface area contributed by atoms with E-state index >= 15 is 0 Å². The van der Waals surface area contributed by atoms with Crippen LogP contribution in [-0.4, -0.2) is 24.3 Å². The van der Waals surface area contributed by atoms with Gasteiger partial charge in [-0.25, -0.2) is 0 Å². The Morgan fingerprint density at radius 2 is 1.86 bits per heavy atom. The number of amides is 1. The molecule has 1 amide bonds. The molecule has 6 heteroatoms. The summed E-state index contributed by atoms with van der Waals surface area (Å²) >= 11 is 1.50. The Hall–Kier alpha value is -2.47. The SMILES string of the molecule is CC(=O)c1ccc(NC(=O)COC(=O)Cc2ccsc2)cc1. The van der Waals surface area contributed by atoms with E-state index in [1.54, 1.807) is 24.3 Å². The molecule has 5 nitrogen and oxygen atoms in total. The van der Waals surface area contributed by atoms with Gasteiger partial charge in [-0.2, -0.15) is 11.3 Å². The van der Waals surface area contributed by atoms with Crippen molar-refractivity contribution in [3.8, 4) is 0 Å². The molecule has 0 radical (unpaired) electrons. The van der Waals surface area contributed by atoms with Crippen molar-refractivity contribution in [3.63, 3.8) is 0 Å². The van der Waals surface area contributed by atoms with E-state index in [4.69, 9.17) is 4.74 Å². The highest BCUT2D eigenvalue weighted by molar-refractivity contribution is 7.07. The van der Waals surface area contributed by atoms with Crippen LogP contribution in [0.25, 0.3) is 0 Å². The zero-order chi connectivity index (χ0) is 15.9. The predicted molar refractivity (Wildman–Crippen MR) is 84.1 cm³/mol. The molecule has 1 heterocycles. The lowest BCUT2D eigenvalue weighted by molar-refractivity contribution is -0.146. The van der Waals surface area contributed by atoms with Gasteiger partial charge in [0.25, 0.3) is 5.91 Å². The van der Waals surface area contributed by atoms with Crippen LogP contribution in [0.5, 0.6) is 0 Å². The summed E-state index contributed by atoms with van der Waals surface area (Å²) in [5, 5.41) is 6.33. The summed E-state index contributed by atoms with van der Waals surface area (Å²) < 4.78 is 4.91. The first-order valence-electron chi connectivity index (χ1n) is 6.62. The molecule has 0 atom stereocenters. The number of benzene rings is 1. The van der Waals surface area contributed by atoms with Crippen LogP contribution in [0.3, 0.4) is 0 Å². The van der Waals surface area contributed by atoms with Crippen molar-refractivity contribution in [3.05, 3.63) is 52.2 Å². The number of carbonyl (C=O) groups excluding carboxylic acids is 3. The van der Waals surface area contributed by atoms with Crippen molar-refractivity contribution in [1.82, 2.24) is 0 Å². The Morgan fingerprint density at radius 3 is 2.45 bits per heavy atom. The van der Waals surface area contributed by atoms with Crippen LogP contribution < -0.4 is 5.32 Å². The molecule has 0 saturated carbocycles. The monoisotopic (exact) mass is 317 g/mol. The van der Waals surface area contributed by atoms with E-state index in [2.05, 4.69) is 5.32 Å². The predicted octanol–water partition coefficient (Wildman–Crippen LogP) is 2.68. The number of nitrogens with one attached hydrogen (secondary N) is 1. The van der Waals surface area contributed by atoms with Crippen LogP contribution in [-0.2, 0) is 20.7 Å². The summed E-state index contributed by atoms with van der Waals surface area (Å²) in [5.74, 6) is -0.907. The van der Waals surface area contributed by atoms with Gasteiger partial charge in [0.05, 0.1) is 6.42 Å². The van der Waals surface area contributed by atoms with Gasteiger partial charge in [0.1, 0.15) is 0 Å². The summed E-state index contributed by atoms with van der Waals surface area (Å²) in [6, 6.07) is 8.34. The van der Waals surface area contributed by atoms with Gasteiger partial charge in [0.2, 0.25) is 0 Å². The first-order valence-corrected chi connectivity index (χ1v) is 7.56. The second-order valence-corrected chi connectivity index (χ2v) is 5.43. The number of thiophene rings is 1. The molecule has 22 heavy (non-hydrogen) atoms. The van der Waals surface area contributed by atoms with Gasteiger partial charge in [0, 0.05) is 11.3 Å². The first-order chi connectivity index (χ1) is 10.5. The third kappa shape index (κ3) is 4.82. The molecule has 0 saturated heterocycles. The molecule has 1 aromatic carbocycles. The minimum absolute atomic E-state index is 0.0414. The van der Waals surface area contributed by atoms with Crippen LogP contribution in [0.15, 0.2) is 41.1 Å². The van der Waals surface area contributed by atoms with E-state index < -0.39 is 11.9 Å². The second-order valence-electron chi connectivity index (χ2n) is 4.65. The fourth-order valence-corrected chi connectivity index (χ4v) is 2.41. The Balaban J connectivity index is 1.77. The normalized spacial score (nSPS) is 10.0. The Labute approximate surface area is 131 Å². The van der Waals surface area contributed by atoms with Crippen LogP contribution in [0.4, 0.5) is 5.69 Å². The number of rotatable bonds is 6. The van der Waals surface area contributed by atoms with Crippen molar-refractivity contribution in [2.75, 3.05) is 11.9 Å². The molecule has 2 rings (SSSR count). The molecule has 114 valence electrons. The number of ketones is 1. The number of hydrogen-bond donors (Lipinski definition) is 1. The number of hydrogen-bond acceptors (Lipinski definition) is 5. The van der Waals surface area contributed by atoms with E-state index in [0.717, 1.165) is 5.56 Å². The summed E-state index contributed by atoms with van der Waals surface area (Å²) in [4.78, 5) is 34.4. The minimum Gasteiger partial charge on any atom is -0.455 e. The minimum atomic E-state index is -0.444. The zero-order valence-electron chi connectivity index (χ0n) is 12.0. The highest BCUT2D eigenvalue weighted by Crippen LogP contribution is 2.10. The number of Topliss-reactive ketones (excluding diaryl/α,β-unsaturated/α-hetero) is 1. The lowest BCUT2D eigenvalue weighted by Gasteiger charge is -2.06. The molecule has 0 spiro atoms. The van der Waals surface area contributed by atoms with E-state index in [1.165, 1.54) is 18.3 Å². The molecule has 0 aliphatic carbocycles. The number of esters is 1. The van der Waals surface area contributed by atoms with Gasteiger partial charge >= 0.3 is 5.97 Å². The molecule has 1 aromatic heterocycles. The van der Waals surface area contributed by atoms with E-state index in [1.807, 2.05) is 16.8 Å². The van der Waals surface area contributed by atoms with Crippen molar-refractivity contribution in [2.24, 2.45) is 0 Å². The standard InChI is InChI=1S/C16H15NO4S/c1-11(18)13-2-4-14(5-3-13)17-15(19)9-21-16(20)8-12-6-7-22-10-12/h2-7,10H,8-9H2,1H3,(H,17,19). The van der Waals surface area contributed by atoms with Crippen LogP contribution >= 0.6 is 11.3 Å². The lowest BCUT2D eigenvalue weighted by Crippen LogP contribution is -2.21. The molecule has 0 unspecified atom stereocenters. The fraction of sp³-hybridized carbons (Fsp3) is 0.188. The maximum Gasteiger partial charge on any atom is 0.310 e. The topological polar surface area (TPSA) is 72.5 Å². The zero-order valence-corrected chi connectivity index (χ0v) is 12.8. The Bertz CT molecular complexity index is 662. The summed E-state index contributed by atoms with van der Waals surface area (Å²) in [6.07, 6.45) is 0.157. The average Bonchev–Trinajstić information content (AvgIpc) is 2.98. The van der Waals surface area contributed by atoms with Gasteiger partial charge in [-0.05, 0) is 53.6 Å². The molecule has 0 aliphatic heterocycles. The van der Waals surface area contributed by atoms with Gasteiger partial charge in [-0.3, -0.25) is 14.4 Å². The summed E-state index contributed by atoms with van der Waals surface area (Å²) in [5.41, 5.74) is 1.99. The van der Waals surface area contributed by atoms with Gasteiger partial charge < -0.3 is 10.1 Å². The quantitative estimate of drug-likeness (QED) is 0.657. The van der Waals surface area contributed by atoms with Crippen LogP contribution in [0, 0.1) is 0 Å². The second kappa shape index (κ2) is 7.51. The molecular weight excluding hydrogens is 302 g/mol. The average molecular weight is 317 g/mol. The summed E-state index contributed by atoms with van der Waals surface area (Å²) in [6.45, 7) is 1.14. The fourth-order valence-electron chi connectivity index (χ4n) is 1.74. The van der Waals surface area contributed by atoms with Crippen molar-refractivity contribution < 1.29 is 19.1 Å². The number of carbonyl (C=O) groups is 3. The number of ether oxygens (including phenoxy) is 1. The van der Waals surface area contributed by atoms with Crippen molar-refractivity contribution in [1.29, 1.82) is 0 Å². The van der Waals surface area contributed by atoms with Gasteiger partial charge in [-0.15, -0.1) is 0 Å². The molecule has 0 bridgehead atoms. The third-order valence-electron chi connectivity index (χ3n) is 2.87.